The summed E-state index contributed by atoms with van der Waals surface area (Å²) >= 11 is 0. The smallest absolute Gasteiger partial charge is 0.229 e. The largest absolute Gasteiger partial charge is 0.497 e. The van der Waals surface area contributed by atoms with Crippen molar-refractivity contribution in [3.63, 3.8) is 0 Å². The first-order valence-corrected chi connectivity index (χ1v) is 7.26. The topological polar surface area (TPSA) is 97.6 Å². The molecular formula is C16H22O7. The molecule has 0 aromatic heterocycles. The highest BCUT2D eigenvalue weighted by molar-refractivity contribution is 5.31. The minimum atomic E-state index is -1.23. The Kier molecular flexibility index (Phi) is 6.37. The lowest BCUT2D eigenvalue weighted by atomic mass is 9.99. The third-order valence-corrected chi connectivity index (χ3v) is 3.54. The maximum Gasteiger partial charge on any atom is 0.229 e. The van der Waals surface area contributed by atoms with Crippen molar-refractivity contribution in [1.82, 2.24) is 0 Å². The summed E-state index contributed by atoms with van der Waals surface area (Å²) in [6, 6.07) is 6.73. The van der Waals surface area contributed by atoms with Gasteiger partial charge < -0.3 is 34.3 Å². The van der Waals surface area contributed by atoms with Gasteiger partial charge in [0.25, 0.3) is 0 Å². The fourth-order valence-corrected chi connectivity index (χ4v) is 2.31. The van der Waals surface area contributed by atoms with Gasteiger partial charge in [0, 0.05) is 0 Å². The summed E-state index contributed by atoms with van der Waals surface area (Å²) in [4.78, 5) is 0. The zero-order valence-corrected chi connectivity index (χ0v) is 12.9. The van der Waals surface area contributed by atoms with E-state index in [4.69, 9.17) is 18.9 Å². The molecule has 2 rings (SSSR count). The molecule has 0 saturated carbocycles. The van der Waals surface area contributed by atoms with Crippen LogP contribution in [0.5, 0.6) is 11.5 Å². The monoisotopic (exact) mass is 326 g/mol. The molecule has 5 atom stereocenters. The van der Waals surface area contributed by atoms with Crippen LogP contribution in [0.1, 0.15) is 0 Å². The minimum absolute atomic E-state index is 0.145. The van der Waals surface area contributed by atoms with Crippen molar-refractivity contribution in [1.29, 1.82) is 0 Å². The molecule has 1 aromatic carbocycles. The molecule has 1 aromatic rings. The number of benzene rings is 1. The van der Waals surface area contributed by atoms with E-state index in [1.54, 1.807) is 31.4 Å². The Balaban J connectivity index is 2.10. The number of methoxy groups -OCH3 is 1. The van der Waals surface area contributed by atoms with Crippen LogP contribution in [-0.2, 0) is 9.47 Å². The van der Waals surface area contributed by atoms with Crippen molar-refractivity contribution in [2.45, 2.75) is 30.7 Å². The molecule has 23 heavy (non-hydrogen) atoms. The fourth-order valence-electron chi connectivity index (χ4n) is 2.31. The van der Waals surface area contributed by atoms with Crippen LogP contribution in [0.15, 0.2) is 36.9 Å². The van der Waals surface area contributed by atoms with E-state index in [0.717, 1.165) is 0 Å². The van der Waals surface area contributed by atoms with Crippen LogP contribution in [0.25, 0.3) is 0 Å². The first kappa shape index (κ1) is 17.7. The molecular weight excluding hydrogens is 304 g/mol. The van der Waals surface area contributed by atoms with E-state index in [0.29, 0.717) is 11.5 Å². The second-order valence-corrected chi connectivity index (χ2v) is 5.09. The number of ether oxygens (including phenoxy) is 4. The maximum atomic E-state index is 10.3. The van der Waals surface area contributed by atoms with Gasteiger partial charge in [-0.05, 0) is 24.3 Å². The van der Waals surface area contributed by atoms with Gasteiger partial charge in [0.1, 0.15) is 35.9 Å². The van der Waals surface area contributed by atoms with Crippen molar-refractivity contribution < 1.29 is 34.3 Å². The first-order chi connectivity index (χ1) is 11.1. The molecule has 1 heterocycles. The minimum Gasteiger partial charge on any atom is -0.497 e. The van der Waals surface area contributed by atoms with E-state index in [-0.39, 0.29) is 6.61 Å². The molecule has 5 unspecified atom stereocenters. The Hall–Kier alpha value is -1.64. The third kappa shape index (κ3) is 4.21. The van der Waals surface area contributed by atoms with Gasteiger partial charge in [0.05, 0.1) is 20.3 Å². The molecule has 128 valence electrons. The normalized spacial score (nSPS) is 30.7. The van der Waals surface area contributed by atoms with Gasteiger partial charge >= 0.3 is 0 Å². The molecule has 7 nitrogen and oxygen atoms in total. The van der Waals surface area contributed by atoms with Gasteiger partial charge in [0.2, 0.25) is 6.29 Å². The Bertz CT molecular complexity index is 490. The van der Waals surface area contributed by atoms with E-state index in [1.165, 1.54) is 6.08 Å². The van der Waals surface area contributed by atoms with Crippen molar-refractivity contribution in [3.05, 3.63) is 36.9 Å². The Morgan fingerprint density at radius 3 is 2.39 bits per heavy atom. The number of aliphatic hydroxyl groups excluding tert-OH is 3. The average molecular weight is 326 g/mol. The summed E-state index contributed by atoms with van der Waals surface area (Å²) in [7, 11) is 1.55. The Labute approximate surface area is 134 Å². The van der Waals surface area contributed by atoms with Crippen LogP contribution in [0.4, 0.5) is 0 Å². The molecule has 7 heteroatoms. The van der Waals surface area contributed by atoms with Crippen LogP contribution in [0.3, 0.4) is 0 Å². The van der Waals surface area contributed by atoms with Gasteiger partial charge in [-0.15, -0.1) is 6.58 Å². The summed E-state index contributed by atoms with van der Waals surface area (Å²) in [6.07, 6.45) is -3.86. The molecule has 3 N–H and O–H groups in total. The average Bonchev–Trinajstić information content (AvgIpc) is 2.58. The predicted octanol–water partition coefficient (Wildman–Crippen LogP) is 0.0842. The Morgan fingerprint density at radius 1 is 1.17 bits per heavy atom. The van der Waals surface area contributed by atoms with Crippen LogP contribution >= 0.6 is 0 Å². The van der Waals surface area contributed by atoms with E-state index in [1.807, 2.05) is 0 Å². The van der Waals surface area contributed by atoms with Crippen molar-refractivity contribution in [3.8, 4) is 11.5 Å². The van der Waals surface area contributed by atoms with E-state index in [2.05, 4.69) is 6.58 Å². The highest BCUT2D eigenvalue weighted by atomic mass is 16.7. The first-order valence-electron chi connectivity index (χ1n) is 7.26. The van der Waals surface area contributed by atoms with Crippen molar-refractivity contribution >= 4 is 0 Å². The van der Waals surface area contributed by atoms with Gasteiger partial charge in [0.15, 0.2) is 0 Å². The number of hydrogen-bond donors (Lipinski definition) is 3. The number of aliphatic hydroxyl groups is 3. The van der Waals surface area contributed by atoms with Crippen LogP contribution < -0.4 is 9.47 Å². The second kappa shape index (κ2) is 8.28. The fraction of sp³-hybridized carbons (Fsp3) is 0.500. The lowest BCUT2D eigenvalue weighted by Crippen LogP contribution is -2.61. The molecule has 0 bridgehead atoms. The van der Waals surface area contributed by atoms with Gasteiger partial charge in [-0.3, -0.25) is 0 Å². The molecule has 0 aliphatic carbocycles. The molecule has 1 fully saturated rings. The lowest BCUT2D eigenvalue weighted by Gasteiger charge is -2.41. The van der Waals surface area contributed by atoms with Gasteiger partial charge in [-0.25, -0.2) is 0 Å². The summed E-state index contributed by atoms with van der Waals surface area (Å²) in [5, 5.41) is 29.8. The highest BCUT2D eigenvalue weighted by Gasteiger charge is 2.46. The number of rotatable bonds is 7. The molecule has 1 aliphatic rings. The van der Waals surface area contributed by atoms with Gasteiger partial charge in [-0.1, -0.05) is 6.08 Å². The molecule has 1 aliphatic heterocycles. The summed E-state index contributed by atoms with van der Waals surface area (Å²) in [5.41, 5.74) is 0. The predicted molar refractivity (Wildman–Crippen MR) is 81.3 cm³/mol. The maximum absolute atomic E-state index is 10.3. The van der Waals surface area contributed by atoms with Crippen LogP contribution in [-0.4, -0.2) is 66.3 Å². The SMILES string of the molecule is C=CCOC1C(O)C(CO)OC(Oc2ccc(OC)cc2)C1O. The second-order valence-electron chi connectivity index (χ2n) is 5.09. The van der Waals surface area contributed by atoms with Crippen LogP contribution in [0.2, 0.25) is 0 Å². The summed E-state index contributed by atoms with van der Waals surface area (Å²) in [5.74, 6) is 1.11. The molecule has 1 saturated heterocycles. The van der Waals surface area contributed by atoms with Crippen LogP contribution in [0, 0.1) is 0 Å². The highest BCUT2D eigenvalue weighted by Crippen LogP contribution is 2.27. The zero-order chi connectivity index (χ0) is 16.8. The molecule has 0 spiro atoms. The molecule has 0 amide bonds. The van der Waals surface area contributed by atoms with E-state index in [9.17, 15) is 15.3 Å². The standard InChI is InChI=1S/C16H22O7/c1-3-8-21-15-13(18)12(9-17)23-16(14(15)19)22-11-6-4-10(20-2)5-7-11/h3-7,12-19H,1,8-9H2,2H3. The Morgan fingerprint density at radius 2 is 1.83 bits per heavy atom. The van der Waals surface area contributed by atoms with Gasteiger partial charge in [-0.2, -0.15) is 0 Å². The van der Waals surface area contributed by atoms with Crippen molar-refractivity contribution in [2.24, 2.45) is 0 Å². The summed E-state index contributed by atoms with van der Waals surface area (Å²) < 4.78 is 21.5. The lowest BCUT2D eigenvalue weighted by molar-refractivity contribution is -0.284. The van der Waals surface area contributed by atoms with Crippen molar-refractivity contribution in [2.75, 3.05) is 20.3 Å². The third-order valence-electron chi connectivity index (χ3n) is 3.54. The molecule has 0 radical (unpaired) electrons. The van der Waals surface area contributed by atoms with E-state index < -0.39 is 37.3 Å². The van der Waals surface area contributed by atoms with E-state index >= 15 is 0 Å². The quantitative estimate of drug-likeness (QED) is 0.611. The zero-order valence-electron chi connectivity index (χ0n) is 12.9. The number of hydrogen-bond acceptors (Lipinski definition) is 7. The summed E-state index contributed by atoms with van der Waals surface area (Å²) in [6.45, 7) is 3.24.